The Bertz CT molecular complexity index is 545. The maximum atomic E-state index is 13.8. The van der Waals surface area contributed by atoms with E-state index in [1.165, 1.54) is 6.20 Å². The molecule has 2 aromatic rings. The zero-order valence-corrected chi connectivity index (χ0v) is 11.7. The van der Waals surface area contributed by atoms with Gasteiger partial charge in [-0.25, -0.2) is 9.37 Å². The lowest BCUT2D eigenvalue weighted by Gasteiger charge is -2.18. The van der Waals surface area contributed by atoms with Crippen molar-refractivity contribution in [3.05, 3.63) is 47.9 Å². The van der Waals surface area contributed by atoms with E-state index in [4.69, 9.17) is 0 Å². The maximum absolute atomic E-state index is 13.8. The largest absolute Gasteiger partial charge is 0.361 e. The fourth-order valence-corrected chi connectivity index (χ4v) is 1.98. The molecule has 0 aliphatic heterocycles. The molecule has 1 atom stereocenters. The molecule has 0 bridgehead atoms. The van der Waals surface area contributed by atoms with Crippen molar-refractivity contribution in [3.8, 4) is 0 Å². The van der Waals surface area contributed by atoms with Gasteiger partial charge in [-0.05, 0) is 18.9 Å². The molecule has 106 valence electrons. The summed E-state index contributed by atoms with van der Waals surface area (Å²) in [4.78, 5) is 8.06. The van der Waals surface area contributed by atoms with Crippen molar-refractivity contribution in [2.75, 3.05) is 17.2 Å². The highest BCUT2D eigenvalue weighted by Crippen LogP contribution is 2.23. The number of hydrogen-bond donors (Lipinski definition) is 2. The summed E-state index contributed by atoms with van der Waals surface area (Å²) < 4.78 is 13.8. The van der Waals surface area contributed by atoms with Gasteiger partial charge in [0.25, 0.3) is 0 Å². The molecule has 2 rings (SSSR count). The van der Waals surface area contributed by atoms with E-state index in [9.17, 15) is 4.39 Å². The van der Waals surface area contributed by atoms with Gasteiger partial charge in [0.2, 0.25) is 5.95 Å². The molecular formula is C15H19FN4. The lowest BCUT2D eigenvalue weighted by Crippen LogP contribution is -2.13. The highest BCUT2D eigenvalue weighted by molar-refractivity contribution is 5.43. The number of anilines is 2. The molecule has 0 saturated carbocycles. The Hall–Kier alpha value is -2.17. The van der Waals surface area contributed by atoms with Gasteiger partial charge in [-0.3, -0.25) is 0 Å². The van der Waals surface area contributed by atoms with Crippen molar-refractivity contribution in [1.29, 1.82) is 0 Å². The summed E-state index contributed by atoms with van der Waals surface area (Å²) in [6, 6.07) is 9.97. The van der Waals surface area contributed by atoms with Gasteiger partial charge in [0.05, 0.1) is 12.2 Å². The summed E-state index contributed by atoms with van der Waals surface area (Å²) in [5, 5.41) is 6.12. The van der Waals surface area contributed by atoms with Crippen LogP contribution in [-0.4, -0.2) is 16.5 Å². The molecule has 1 aromatic carbocycles. The van der Waals surface area contributed by atoms with Crippen LogP contribution in [0.1, 0.15) is 31.9 Å². The SMILES string of the molecule is CCNc1ncc(F)c(NC(CC)c2ccccc2)n1. The predicted molar refractivity (Wildman–Crippen MR) is 79.3 cm³/mol. The van der Waals surface area contributed by atoms with Crippen LogP contribution in [0.4, 0.5) is 16.2 Å². The number of aromatic nitrogens is 2. The molecule has 20 heavy (non-hydrogen) atoms. The van der Waals surface area contributed by atoms with E-state index in [1.807, 2.05) is 37.3 Å². The molecule has 5 heteroatoms. The molecule has 0 amide bonds. The van der Waals surface area contributed by atoms with E-state index in [0.717, 1.165) is 12.0 Å². The van der Waals surface area contributed by atoms with E-state index < -0.39 is 5.82 Å². The van der Waals surface area contributed by atoms with Gasteiger partial charge in [0.15, 0.2) is 11.6 Å². The first-order chi connectivity index (χ1) is 9.74. The van der Waals surface area contributed by atoms with Crippen LogP contribution in [0.5, 0.6) is 0 Å². The van der Waals surface area contributed by atoms with Gasteiger partial charge in [-0.2, -0.15) is 4.98 Å². The number of benzene rings is 1. The first-order valence-electron chi connectivity index (χ1n) is 6.82. The van der Waals surface area contributed by atoms with Crippen LogP contribution in [0, 0.1) is 5.82 Å². The Balaban J connectivity index is 2.21. The average Bonchev–Trinajstić information content (AvgIpc) is 2.49. The average molecular weight is 274 g/mol. The third kappa shape index (κ3) is 3.44. The van der Waals surface area contributed by atoms with Crippen molar-refractivity contribution >= 4 is 11.8 Å². The number of nitrogens with zero attached hydrogens (tertiary/aromatic N) is 2. The lowest BCUT2D eigenvalue weighted by molar-refractivity contribution is 0.610. The Kier molecular flexibility index (Phi) is 4.87. The molecule has 0 radical (unpaired) electrons. The minimum atomic E-state index is -0.443. The van der Waals surface area contributed by atoms with Gasteiger partial charge in [-0.1, -0.05) is 37.3 Å². The Labute approximate surface area is 118 Å². The molecular weight excluding hydrogens is 255 g/mol. The summed E-state index contributed by atoms with van der Waals surface area (Å²) in [6.45, 7) is 4.69. The van der Waals surface area contributed by atoms with Gasteiger partial charge in [0.1, 0.15) is 0 Å². The van der Waals surface area contributed by atoms with Crippen molar-refractivity contribution in [2.24, 2.45) is 0 Å². The molecule has 0 aliphatic rings. The van der Waals surface area contributed by atoms with Gasteiger partial charge in [-0.15, -0.1) is 0 Å². The monoisotopic (exact) mass is 274 g/mol. The standard InChI is InChI=1S/C15H19FN4/c1-3-13(11-8-6-5-7-9-11)19-14-12(16)10-18-15(20-14)17-4-2/h5-10,13H,3-4H2,1-2H3,(H2,17,18,19,20). The van der Waals surface area contributed by atoms with Crippen molar-refractivity contribution < 1.29 is 4.39 Å². The second kappa shape index (κ2) is 6.84. The van der Waals surface area contributed by atoms with E-state index >= 15 is 0 Å². The van der Waals surface area contributed by atoms with Crippen LogP contribution in [0.2, 0.25) is 0 Å². The third-order valence-electron chi connectivity index (χ3n) is 3.00. The van der Waals surface area contributed by atoms with E-state index in [-0.39, 0.29) is 11.9 Å². The molecule has 0 aliphatic carbocycles. The molecule has 0 spiro atoms. The van der Waals surface area contributed by atoms with Gasteiger partial charge < -0.3 is 10.6 Å². The summed E-state index contributed by atoms with van der Waals surface area (Å²) in [6.07, 6.45) is 2.02. The Morgan fingerprint density at radius 2 is 1.95 bits per heavy atom. The van der Waals surface area contributed by atoms with E-state index in [2.05, 4.69) is 27.5 Å². The van der Waals surface area contributed by atoms with Crippen molar-refractivity contribution in [2.45, 2.75) is 26.3 Å². The Morgan fingerprint density at radius 1 is 1.20 bits per heavy atom. The Morgan fingerprint density at radius 3 is 2.60 bits per heavy atom. The predicted octanol–water partition coefficient (Wildman–Crippen LogP) is 3.61. The summed E-state index contributed by atoms with van der Waals surface area (Å²) in [7, 11) is 0. The second-order valence-corrected chi connectivity index (χ2v) is 4.44. The van der Waals surface area contributed by atoms with Crippen LogP contribution in [0.3, 0.4) is 0 Å². The number of halogens is 1. The van der Waals surface area contributed by atoms with Crippen LogP contribution in [0.15, 0.2) is 36.5 Å². The highest BCUT2D eigenvalue weighted by Gasteiger charge is 2.13. The van der Waals surface area contributed by atoms with Gasteiger partial charge >= 0.3 is 0 Å². The zero-order valence-electron chi connectivity index (χ0n) is 11.7. The third-order valence-corrected chi connectivity index (χ3v) is 3.00. The molecule has 1 aromatic heterocycles. The summed E-state index contributed by atoms with van der Waals surface area (Å²) in [5.41, 5.74) is 1.11. The summed E-state index contributed by atoms with van der Waals surface area (Å²) in [5.74, 6) is 0.215. The molecule has 4 nitrogen and oxygen atoms in total. The summed E-state index contributed by atoms with van der Waals surface area (Å²) >= 11 is 0. The smallest absolute Gasteiger partial charge is 0.224 e. The first kappa shape index (κ1) is 14.2. The maximum Gasteiger partial charge on any atom is 0.224 e. The first-order valence-corrected chi connectivity index (χ1v) is 6.82. The molecule has 2 N–H and O–H groups in total. The number of rotatable bonds is 6. The lowest BCUT2D eigenvalue weighted by atomic mass is 10.0. The van der Waals surface area contributed by atoms with Gasteiger partial charge in [0, 0.05) is 6.54 Å². The molecule has 1 heterocycles. The minimum absolute atomic E-state index is 0.0232. The highest BCUT2D eigenvalue weighted by atomic mass is 19.1. The van der Waals surface area contributed by atoms with Crippen LogP contribution >= 0.6 is 0 Å². The molecule has 0 fully saturated rings. The quantitative estimate of drug-likeness (QED) is 0.845. The van der Waals surface area contributed by atoms with Crippen molar-refractivity contribution in [3.63, 3.8) is 0 Å². The fraction of sp³-hybridized carbons (Fsp3) is 0.333. The topological polar surface area (TPSA) is 49.8 Å². The minimum Gasteiger partial charge on any atom is -0.361 e. The van der Waals surface area contributed by atoms with E-state index in [0.29, 0.717) is 12.5 Å². The normalized spacial score (nSPS) is 11.9. The van der Waals surface area contributed by atoms with Crippen LogP contribution < -0.4 is 10.6 Å². The van der Waals surface area contributed by atoms with Crippen molar-refractivity contribution in [1.82, 2.24) is 9.97 Å². The second-order valence-electron chi connectivity index (χ2n) is 4.44. The van der Waals surface area contributed by atoms with E-state index in [1.54, 1.807) is 0 Å². The molecule has 0 saturated heterocycles. The molecule has 1 unspecified atom stereocenters. The zero-order chi connectivity index (χ0) is 14.4. The number of hydrogen-bond acceptors (Lipinski definition) is 4. The van der Waals surface area contributed by atoms with Crippen LogP contribution in [0.25, 0.3) is 0 Å². The number of nitrogens with one attached hydrogen (secondary N) is 2. The van der Waals surface area contributed by atoms with Crippen LogP contribution in [-0.2, 0) is 0 Å². The fourth-order valence-electron chi connectivity index (χ4n) is 1.98.